The van der Waals surface area contributed by atoms with E-state index in [0.29, 0.717) is 41.8 Å². The van der Waals surface area contributed by atoms with Gasteiger partial charge in [0.25, 0.3) is 0 Å². The van der Waals surface area contributed by atoms with Crippen molar-refractivity contribution in [3.8, 4) is 5.75 Å². The number of esters is 3. The van der Waals surface area contributed by atoms with Crippen molar-refractivity contribution in [3.05, 3.63) is 23.0 Å². The second-order valence-electron chi connectivity index (χ2n) is 14.7. The molecule has 7 nitrogen and oxygen atoms in total. The summed E-state index contributed by atoms with van der Waals surface area (Å²) in [6.07, 6.45) is 34.5. The number of hydrogen-bond acceptors (Lipinski definition) is 7. The smallest absolute Gasteiger partial charge is 0.311 e. The lowest BCUT2D eigenvalue weighted by atomic mass is 10.1. The molecule has 1 aromatic rings. The molecule has 0 aromatic carbocycles. The second-order valence-corrected chi connectivity index (χ2v) is 14.7. The number of unbranched alkanes of at least 4 members (excludes halogenated alkanes) is 24. The van der Waals surface area contributed by atoms with E-state index in [2.05, 4.69) is 25.8 Å². The van der Waals surface area contributed by atoms with Crippen LogP contribution in [0.3, 0.4) is 0 Å². The molecular formula is C44H77NO6. The van der Waals surface area contributed by atoms with Crippen LogP contribution < -0.4 is 4.74 Å². The number of pyridine rings is 1. The van der Waals surface area contributed by atoms with E-state index in [-0.39, 0.29) is 31.1 Å². The Hall–Kier alpha value is -2.44. The van der Waals surface area contributed by atoms with Crippen LogP contribution in [0, 0.1) is 6.92 Å². The number of rotatable bonds is 35. The average molecular weight is 716 g/mol. The minimum Gasteiger partial charge on any atom is -0.461 e. The number of carbonyl (C=O) groups excluding carboxylic acids is 3. The van der Waals surface area contributed by atoms with Crippen molar-refractivity contribution in [2.45, 2.75) is 234 Å². The third-order valence-electron chi connectivity index (χ3n) is 9.84. The van der Waals surface area contributed by atoms with Crippen molar-refractivity contribution in [1.29, 1.82) is 0 Å². The van der Waals surface area contributed by atoms with E-state index in [9.17, 15) is 14.4 Å². The summed E-state index contributed by atoms with van der Waals surface area (Å²) >= 11 is 0. The Balaban J connectivity index is 2.68. The number of aryl methyl sites for hydroxylation is 1. The van der Waals surface area contributed by atoms with E-state index in [1.807, 2.05) is 0 Å². The van der Waals surface area contributed by atoms with Crippen molar-refractivity contribution in [1.82, 2.24) is 4.98 Å². The van der Waals surface area contributed by atoms with Gasteiger partial charge in [0.15, 0.2) is 5.75 Å². The highest BCUT2D eigenvalue weighted by molar-refractivity contribution is 5.73. The summed E-state index contributed by atoms with van der Waals surface area (Å²) in [7, 11) is 0. The molecule has 0 aliphatic carbocycles. The fourth-order valence-electron chi connectivity index (χ4n) is 6.45. The molecule has 0 radical (unpaired) electrons. The highest BCUT2D eigenvalue weighted by Gasteiger charge is 2.20. The van der Waals surface area contributed by atoms with Gasteiger partial charge in [0, 0.05) is 36.6 Å². The van der Waals surface area contributed by atoms with E-state index in [1.54, 1.807) is 13.1 Å². The molecule has 0 amide bonds. The molecule has 0 aliphatic rings. The lowest BCUT2D eigenvalue weighted by molar-refractivity contribution is -0.146. The van der Waals surface area contributed by atoms with Gasteiger partial charge in [-0.25, -0.2) is 0 Å². The monoisotopic (exact) mass is 716 g/mol. The van der Waals surface area contributed by atoms with Gasteiger partial charge in [0.05, 0.1) is 5.69 Å². The molecular weight excluding hydrogens is 638 g/mol. The summed E-state index contributed by atoms with van der Waals surface area (Å²) in [5.74, 6) is -0.521. The fourth-order valence-corrected chi connectivity index (χ4v) is 6.45. The largest absolute Gasteiger partial charge is 0.461 e. The summed E-state index contributed by atoms with van der Waals surface area (Å²) in [6, 6.07) is 0. The second kappa shape index (κ2) is 33.4. The lowest BCUT2D eigenvalue weighted by Gasteiger charge is -2.17. The maximum absolute atomic E-state index is 13.0. The lowest BCUT2D eigenvalue weighted by Crippen LogP contribution is -2.15. The van der Waals surface area contributed by atoms with Gasteiger partial charge in [-0.3, -0.25) is 19.4 Å². The van der Waals surface area contributed by atoms with Crippen LogP contribution in [0.5, 0.6) is 5.75 Å². The topological polar surface area (TPSA) is 91.8 Å². The van der Waals surface area contributed by atoms with Gasteiger partial charge in [-0.15, -0.1) is 0 Å². The molecule has 1 aromatic heterocycles. The molecule has 0 bridgehead atoms. The zero-order valence-electron chi connectivity index (χ0n) is 33.6. The first-order chi connectivity index (χ1) is 24.9. The van der Waals surface area contributed by atoms with E-state index in [4.69, 9.17) is 14.2 Å². The predicted molar refractivity (Wildman–Crippen MR) is 210 cm³/mol. The highest BCUT2D eigenvalue weighted by Crippen LogP contribution is 2.28. The van der Waals surface area contributed by atoms with Crippen LogP contribution >= 0.6 is 0 Å². The van der Waals surface area contributed by atoms with Crippen molar-refractivity contribution in [2.24, 2.45) is 0 Å². The molecule has 0 saturated carbocycles. The van der Waals surface area contributed by atoms with Gasteiger partial charge in [-0.05, 0) is 26.2 Å². The van der Waals surface area contributed by atoms with Gasteiger partial charge in [0.2, 0.25) is 0 Å². The highest BCUT2D eigenvalue weighted by atomic mass is 16.5. The molecule has 0 saturated heterocycles. The molecule has 294 valence electrons. The van der Waals surface area contributed by atoms with Gasteiger partial charge >= 0.3 is 17.9 Å². The van der Waals surface area contributed by atoms with Crippen LogP contribution in [0.4, 0.5) is 0 Å². The Kier molecular flexibility index (Phi) is 30.5. The van der Waals surface area contributed by atoms with E-state index >= 15 is 0 Å². The standard InChI is InChI=1S/C44H77NO6/c1-5-8-11-14-17-20-23-26-29-32-41(46)49-36-39-35-45-38(4)44(51-43(48)34-31-28-25-22-19-16-13-10-7-3)40(39)37-50-42(47)33-30-27-24-21-18-15-12-9-6-2/h35H,5-34,36-37H2,1-4H3. The number of carbonyl (C=O) groups is 3. The van der Waals surface area contributed by atoms with Crippen LogP contribution in [0.2, 0.25) is 0 Å². The van der Waals surface area contributed by atoms with E-state index < -0.39 is 0 Å². The zero-order chi connectivity index (χ0) is 37.2. The molecule has 7 heteroatoms. The number of ether oxygens (including phenoxy) is 3. The molecule has 0 N–H and O–H groups in total. The summed E-state index contributed by atoms with van der Waals surface area (Å²) in [4.78, 5) is 42.8. The van der Waals surface area contributed by atoms with Gasteiger partial charge in [0.1, 0.15) is 13.2 Å². The molecule has 0 atom stereocenters. The van der Waals surface area contributed by atoms with Gasteiger partial charge < -0.3 is 14.2 Å². The molecule has 1 heterocycles. The summed E-state index contributed by atoms with van der Waals surface area (Å²) in [6.45, 7) is 8.43. The summed E-state index contributed by atoms with van der Waals surface area (Å²) < 4.78 is 17.3. The number of aromatic nitrogens is 1. The van der Waals surface area contributed by atoms with Crippen LogP contribution in [0.15, 0.2) is 6.20 Å². The van der Waals surface area contributed by atoms with E-state index in [1.165, 1.54) is 116 Å². The minimum atomic E-state index is -0.315. The van der Waals surface area contributed by atoms with Crippen LogP contribution in [0.1, 0.15) is 230 Å². The van der Waals surface area contributed by atoms with Crippen LogP contribution in [-0.4, -0.2) is 22.9 Å². The Labute approximate surface area is 313 Å². The van der Waals surface area contributed by atoms with Crippen LogP contribution in [-0.2, 0) is 37.1 Å². The normalized spacial score (nSPS) is 11.1. The fraction of sp³-hybridized carbons (Fsp3) is 0.818. The Bertz CT molecular complexity index is 1030. The summed E-state index contributed by atoms with van der Waals surface area (Å²) in [5.41, 5.74) is 1.70. The van der Waals surface area contributed by atoms with Crippen molar-refractivity contribution < 1.29 is 28.6 Å². The number of nitrogens with zero attached hydrogens (tertiary/aromatic N) is 1. The third kappa shape index (κ3) is 26.1. The molecule has 0 unspecified atom stereocenters. The molecule has 51 heavy (non-hydrogen) atoms. The Morgan fingerprint density at radius 3 is 1.20 bits per heavy atom. The summed E-state index contributed by atoms with van der Waals surface area (Å²) in [5, 5.41) is 0. The van der Waals surface area contributed by atoms with Crippen LogP contribution in [0.25, 0.3) is 0 Å². The molecule has 1 rings (SSSR count). The van der Waals surface area contributed by atoms with Gasteiger partial charge in [-0.2, -0.15) is 0 Å². The molecule has 0 aliphatic heterocycles. The predicted octanol–water partition coefficient (Wildman–Crippen LogP) is 13.1. The number of hydrogen-bond donors (Lipinski definition) is 0. The van der Waals surface area contributed by atoms with Crippen molar-refractivity contribution in [2.75, 3.05) is 0 Å². The SMILES string of the molecule is CCCCCCCCCCCC(=O)OCc1cnc(C)c(OC(=O)CCCCCCCCCCC)c1COC(=O)CCCCCCCCCCC. The first kappa shape index (κ1) is 46.6. The molecule has 0 spiro atoms. The first-order valence-corrected chi connectivity index (χ1v) is 21.4. The first-order valence-electron chi connectivity index (χ1n) is 21.4. The zero-order valence-corrected chi connectivity index (χ0v) is 33.6. The Morgan fingerprint density at radius 1 is 0.471 bits per heavy atom. The average Bonchev–Trinajstić information content (AvgIpc) is 3.12. The Morgan fingerprint density at radius 2 is 0.804 bits per heavy atom. The molecule has 0 fully saturated rings. The maximum atomic E-state index is 13.0. The van der Waals surface area contributed by atoms with Crippen molar-refractivity contribution in [3.63, 3.8) is 0 Å². The third-order valence-corrected chi connectivity index (χ3v) is 9.84. The minimum absolute atomic E-state index is 0.00249. The maximum Gasteiger partial charge on any atom is 0.311 e. The van der Waals surface area contributed by atoms with E-state index in [0.717, 1.165) is 57.8 Å². The van der Waals surface area contributed by atoms with Gasteiger partial charge in [-0.1, -0.05) is 175 Å². The quantitative estimate of drug-likeness (QED) is 0.0510. The van der Waals surface area contributed by atoms with Crippen molar-refractivity contribution >= 4 is 17.9 Å².